The van der Waals surface area contributed by atoms with Crippen LogP contribution in [0.5, 0.6) is 0 Å². The van der Waals surface area contributed by atoms with Crippen LogP contribution in [0.15, 0.2) is 35.5 Å². The van der Waals surface area contributed by atoms with E-state index in [1.165, 1.54) is 0 Å². The number of urea groups is 1. The second-order valence-corrected chi connectivity index (χ2v) is 7.82. The number of imide groups is 1. The number of esters is 1. The molecule has 3 amide bonds. The number of amides is 3. The van der Waals surface area contributed by atoms with Crippen LogP contribution in [-0.2, 0) is 14.3 Å². The Labute approximate surface area is 157 Å². The highest BCUT2D eigenvalue weighted by Crippen LogP contribution is 2.44. The Morgan fingerprint density at radius 3 is 2.74 bits per heavy atom. The third-order valence-electron chi connectivity index (χ3n) is 5.32. The molecule has 0 aliphatic carbocycles. The van der Waals surface area contributed by atoms with E-state index in [-0.39, 0.29) is 18.4 Å². The number of benzene rings is 1. The third kappa shape index (κ3) is 2.87. The quantitative estimate of drug-likeness (QED) is 0.791. The Kier molecular flexibility index (Phi) is 4.17. The van der Waals surface area contributed by atoms with Crippen LogP contribution in [0.2, 0.25) is 0 Å². The zero-order chi connectivity index (χ0) is 19.3. The highest BCUT2D eigenvalue weighted by Gasteiger charge is 2.53. The molecule has 1 saturated heterocycles. The van der Waals surface area contributed by atoms with Crippen LogP contribution in [0, 0.1) is 18.8 Å². The maximum absolute atomic E-state index is 12.9. The van der Waals surface area contributed by atoms with Crippen LogP contribution in [-0.4, -0.2) is 42.1 Å². The molecule has 3 unspecified atom stereocenters. The van der Waals surface area contributed by atoms with Crippen molar-refractivity contribution in [3.8, 4) is 0 Å². The van der Waals surface area contributed by atoms with E-state index >= 15 is 0 Å². The molecule has 1 fully saturated rings. The molecule has 3 aliphatic heterocycles. The minimum absolute atomic E-state index is 0.144. The highest BCUT2D eigenvalue weighted by atomic mass is 16.5. The Balaban J connectivity index is 1.85. The average Bonchev–Trinajstić information content (AvgIpc) is 2.97. The number of nitrogens with one attached hydrogen (secondary N) is 2. The lowest BCUT2D eigenvalue weighted by Crippen LogP contribution is -2.68. The Hall–Kier alpha value is -2.83. The molecule has 3 aliphatic rings. The van der Waals surface area contributed by atoms with Crippen LogP contribution in [0.3, 0.4) is 0 Å². The fraction of sp³-hybridized carbons (Fsp3) is 0.450. The van der Waals surface area contributed by atoms with E-state index in [1.54, 1.807) is 4.90 Å². The van der Waals surface area contributed by atoms with Crippen LogP contribution in [0.4, 0.5) is 4.79 Å². The summed E-state index contributed by atoms with van der Waals surface area (Å²) in [4.78, 5) is 39.5. The predicted molar refractivity (Wildman–Crippen MR) is 97.4 cm³/mol. The number of hydrogen-bond donors (Lipinski definition) is 2. The number of cyclic esters (lactones) is 1. The summed E-state index contributed by atoms with van der Waals surface area (Å²) in [6, 6.07) is 7.39. The molecule has 1 aromatic rings. The second-order valence-electron chi connectivity index (χ2n) is 7.82. The molecular formula is C20H23N3O4. The monoisotopic (exact) mass is 369 g/mol. The summed E-state index contributed by atoms with van der Waals surface area (Å²) >= 11 is 0. The minimum atomic E-state index is -0.604. The molecule has 0 radical (unpaired) electrons. The number of nitrogens with zero attached hydrogens (tertiary/aromatic N) is 1. The Bertz CT molecular complexity index is 861. The van der Waals surface area contributed by atoms with Crippen molar-refractivity contribution in [2.24, 2.45) is 11.8 Å². The number of fused-ring (bicyclic) bond motifs is 1. The predicted octanol–water partition coefficient (Wildman–Crippen LogP) is 1.64. The standard InChI is InChI=1S/C20H23N3O4/c1-10(2)8-23-17-16(18(24)22-20(23)26)14(12-6-4-5-11(3)7-12)15-13(21-17)9-27-19(15)25/h4-7,10,14,16-17,21H,8-9H2,1-3H3,(H,22,24,26). The molecule has 7 heteroatoms. The topological polar surface area (TPSA) is 87.7 Å². The first-order valence-electron chi connectivity index (χ1n) is 9.21. The fourth-order valence-corrected chi connectivity index (χ4v) is 4.26. The summed E-state index contributed by atoms with van der Waals surface area (Å²) in [5.74, 6) is -1.59. The molecule has 27 heavy (non-hydrogen) atoms. The number of rotatable bonds is 3. The van der Waals surface area contributed by atoms with Gasteiger partial charge in [-0.2, -0.15) is 0 Å². The smallest absolute Gasteiger partial charge is 0.336 e. The molecule has 4 rings (SSSR count). The van der Waals surface area contributed by atoms with Gasteiger partial charge in [-0.05, 0) is 18.4 Å². The van der Waals surface area contributed by atoms with E-state index in [4.69, 9.17) is 4.74 Å². The van der Waals surface area contributed by atoms with Crippen molar-refractivity contribution in [3.05, 3.63) is 46.7 Å². The van der Waals surface area contributed by atoms with E-state index in [0.29, 0.717) is 17.8 Å². The summed E-state index contributed by atoms with van der Waals surface area (Å²) in [7, 11) is 0. The van der Waals surface area contributed by atoms with Gasteiger partial charge in [-0.3, -0.25) is 10.1 Å². The highest BCUT2D eigenvalue weighted by molar-refractivity contribution is 6.02. The van der Waals surface area contributed by atoms with E-state index in [1.807, 2.05) is 45.0 Å². The lowest BCUT2D eigenvalue weighted by molar-refractivity contribution is -0.136. The Morgan fingerprint density at radius 1 is 1.26 bits per heavy atom. The normalized spacial score (nSPS) is 27.2. The lowest BCUT2D eigenvalue weighted by atomic mass is 9.74. The third-order valence-corrected chi connectivity index (χ3v) is 5.32. The second kappa shape index (κ2) is 6.40. The summed E-state index contributed by atoms with van der Waals surface area (Å²) < 4.78 is 5.26. The van der Waals surface area contributed by atoms with E-state index in [9.17, 15) is 14.4 Å². The summed E-state index contributed by atoms with van der Waals surface area (Å²) in [5, 5.41) is 5.73. The van der Waals surface area contributed by atoms with Gasteiger partial charge in [0.05, 0.1) is 17.2 Å². The van der Waals surface area contributed by atoms with Crippen molar-refractivity contribution in [2.45, 2.75) is 32.9 Å². The molecular weight excluding hydrogens is 346 g/mol. The van der Waals surface area contributed by atoms with Gasteiger partial charge >= 0.3 is 12.0 Å². The molecule has 142 valence electrons. The number of aryl methyl sites for hydroxylation is 1. The first kappa shape index (κ1) is 17.6. The van der Waals surface area contributed by atoms with E-state index in [2.05, 4.69) is 10.6 Å². The molecule has 2 N–H and O–H groups in total. The van der Waals surface area contributed by atoms with Crippen LogP contribution < -0.4 is 10.6 Å². The van der Waals surface area contributed by atoms with Gasteiger partial charge in [0.15, 0.2) is 0 Å². The van der Waals surface area contributed by atoms with Crippen molar-refractivity contribution >= 4 is 17.9 Å². The van der Waals surface area contributed by atoms with Gasteiger partial charge < -0.3 is 15.0 Å². The number of hydrogen-bond acceptors (Lipinski definition) is 5. The first-order valence-corrected chi connectivity index (χ1v) is 9.21. The summed E-state index contributed by atoms with van der Waals surface area (Å²) in [6.07, 6.45) is -0.507. The number of ether oxygens (including phenoxy) is 1. The largest absolute Gasteiger partial charge is 0.456 e. The minimum Gasteiger partial charge on any atom is -0.456 e. The molecule has 3 atom stereocenters. The molecule has 1 aromatic carbocycles. The van der Waals surface area contributed by atoms with Crippen molar-refractivity contribution in [1.29, 1.82) is 0 Å². The lowest BCUT2D eigenvalue weighted by Gasteiger charge is -2.47. The molecule has 0 spiro atoms. The molecule has 0 bridgehead atoms. The van der Waals surface area contributed by atoms with Crippen LogP contribution >= 0.6 is 0 Å². The first-order chi connectivity index (χ1) is 12.9. The van der Waals surface area contributed by atoms with E-state index in [0.717, 1.165) is 11.1 Å². The number of carbonyl (C=O) groups excluding carboxylic acids is 3. The van der Waals surface area contributed by atoms with Crippen LogP contribution in [0.25, 0.3) is 0 Å². The van der Waals surface area contributed by atoms with Gasteiger partial charge in [0.1, 0.15) is 12.8 Å². The van der Waals surface area contributed by atoms with Gasteiger partial charge in [0, 0.05) is 12.5 Å². The van der Waals surface area contributed by atoms with Crippen LogP contribution in [0.1, 0.15) is 30.9 Å². The molecule has 7 nitrogen and oxygen atoms in total. The van der Waals surface area contributed by atoms with Gasteiger partial charge in [0.2, 0.25) is 5.91 Å². The maximum Gasteiger partial charge on any atom is 0.336 e. The Morgan fingerprint density at radius 2 is 2.04 bits per heavy atom. The summed E-state index contributed by atoms with van der Waals surface area (Å²) in [5.41, 5.74) is 3.09. The molecule has 3 heterocycles. The van der Waals surface area contributed by atoms with E-state index < -0.39 is 30.0 Å². The van der Waals surface area contributed by atoms with Gasteiger partial charge in [-0.25, -0.2) is 9.59 Å². The van der Waals surface area contributed by atoms with Gasteiger partial charge in [-0.15, -0.1) is 0 Å². The zero-order valence-corrected chi connectivity index (χ0v) is 15.6. The number of carbonyl (C=O) groups is 3. The van der Waals surface area contributed by atoms with Crippen molar-refractivity contribution in [2.75, 3.05) is 13.2 Å². The van der Waals surface area contributed by atoms with Crippen molar-refractivity contribution < 1.29 is 19.1 Å². The molecule has 0 saturated carbocycles. The summed E-state index contributed by atoms with van der Waals surface area (Å²) in [6.45, 7) is 6.66. The fourth-order valence-electron chi connectivity index (χ4n) is 4.26. The van der Waals surface area contributed by atoms with Gasteiger partial charge in [0.25, 0.3) is 0 Å². The van der Waals surface area contributed by atoms with Gasteiger partial charge in [-0.1, -0.05) is 43.7 Å². The molecule has 0 aromatic heterocycles. The zero-order valence-electron chi connectivity index (χ0n) is 15.6. The SMILES string of the molecule is Cc1cccc(C2C3=C(COC3=O)NC3C2C(=O)NC(=O)N3CC(C)C)c1. The van der Waals surface area contributed by atoms with Crippen molar-refractivity contribution in [1.82, 2.24) is 15.5 Å². The maximum atomic E-state index is 12.9. The van der Waals surface area contributed by atoms with Crippen molar-refractivity contribution in [3.63, 3.8) is 0 Å². The average molecular weight is 369 g/mol.